The molecule has 1 aromatic carbocycles. The van der Waals surface area contributed by atoms with Gasteiger partial charge in [0.2, 0.25) is 0 Å². The highest BCUT2D eigenvalue weighted by Gasteiger charge is 2.28. The van der Waals surface area contributed by atoms with Gasteiger partial charge in [0.15, 0.2) is 0 Å². The Balaban J connectivity index is 2.59. The summed E-state index contributed by atoms with van der Waals surface area (Å²) >= 11 is 0. The summed E-state index contributed by atoms with van der Waals surface area (Å²) in [7, 11) is 1.33. The van der Waals surface area contributed by atoms with Gasteiger partial charge in [0.25, 0.3) is 0 Å². The van der Waals surface area contributed by atoms with Crippen LogP contribution in [0.15, 0.2) is 30.3 Å². The van der Waals surface area contributed by atoms with Crippen molar-refractivity contribution in [3.05, 3.63) is 30.3 Å². The van der Waals surface area contributed by atoms with Gasteiger partial charge in [0, 0.05) is 33.0 Å². The molecule has 0 saturated carbocycles. The lowest BCUT2D eigenvalue weighted by atomic mass is 10.2. The van der Waals surface area contributed by atoms with Crippen LogP contribution in [0.5, 0.6) is 0 Å². The van der Waals surface area contributed by atoms with Gasteiger partial charge in [-0.25, -0.2) is 0 Å². The first kappa shape index (κ1) is 17.7. The minimum absolute atomic E-state index is 0.137. The van der Waals surface area contributed by atoms with E-state index in [0.717, 1.165) is 24.7 Å². The van der Waals surface area contributed by atoms with Gasteiger partial charge in [0.05, 0.1) is 6.42 Å². The van der Waals surface area contributed by atoms with E-state index in [1.165, 1.54) is 0 Å². The second kappa shape index (κ2) is 8.81. The SMILES string of the molecule is CO[Si](C)(CCCN(CCC(=O)O)c1ccccc1)OC. The minimum atomic E-state index is -2.05. The number of aliphatic carboxylic acids is 1. The fourth-order valence-corrected chi connectivity index (χ4v) is 3.49. The highest BCUT2D eigenvalue weighted by molar-refractivity contribution is 6.65. The van der Waals surface area contributed by atoms with Gasteiger partial charge in [-0.05, 0) is 31.1 Å². The zero-order valence-electron chi connectivity index (χ0n) is 13.0. The summed E-state index contributed by atoms with van der Waals surface area (Å²) in [6.45, 7) is 3.35. The number of rotatable bonds is 10. The predicted molar refractivity (Wildman–Crippen MR) is 86.0 cm³/mol. The van der Waals surface area contributed by atoms with Gasteiger partial charge in [-0.1, -0.05) is 18.2 Å². The fourth-order valence-electron chi connectivity index (χ4n) is 2.12. The van der Waals surface area contributed by atoms with Crippen molar-refractivity contribution in [2.24, 2.45) is 0 Å². The molecule has 0 spiro atoms. The highest BCUT2D eigenvalue weighted by Crippen LogP contribution is 2.18. The first-order valence-electron chi connectivity index (χ1n) is 7.13. The molecule has 0 saturated heterocycles. The van der Waals surface area contributed by atoms with Crippen LogP contribution in [-0.2, 0) is 13.6 Å². The van der Waals surface area contributed by atoms with E-state index in [1.807, 2.05) is 36.9 Å². The molecule has 0 aromatic heterocycles. The van der Waals surface area contributed by atoms with Gasteiger partial charge < -0.3 is 18.9 Å². The van der Waals surface area contributed by atoms with Crippen molar-refractivity contribution in [2.75, 3.05) is 32.2 Å². The van der Waals surface area contributed by atoms with E-state index < -0.39 is 14.5 Å². The normalized spacial score (nSPS) is 11.4. The number of anilines is 1. The molecule has 0 radical (unpaired) electrons. The summed E-state index contributed by atoms with van der Waals surface area (Å²) in [6, 6.07) is 10.8. The maximum Gasteiger partial charge on any atom is 0.334 e. The van der Waals surface area contributed by atoms with Gasteiger partial charge in [-0.15, -0.1) is 0 Å². The van der Waals surface area contributed by atoms with E-state index in [-0.39, 0.29) is 6.42 Å². The van der Waals surface area contributed by atoms with Crippen molar-refractivity contribution in [3.8, 4) is 0 Å². The number of carboxylic acid groups (broad SMARTS) is 1. The Morgan fingerprint density at radius 2 is 1.81 bits per heavy atom. The monoisotopic (exact) mass is 311 g/mol. The largest absolute Gasteiger partial charge is 0.481 e. The number of carbonyl (C=O) groups is 1. The Kier molecular flexibility index (Phi) is 7.42. The third-order valence-corrected chi connectivity index (χ3v) is 6.63. The quantitative estimate of drug-likeness (QED) is 0.673. The van der Waals surface area contributed by atoms with Crippen molar-refractivity contribution in [2.45, 2.75) is 25.4 Å². The van der Waals surface area contributed by atoms with Crippen LogP contribution in [0, 0.1) is 0 Å². The summed E-state index contributed by atoms with van der Waals surface area (Å²) in [5, 5.41) is 8.88. The Labute approximate surface area is 127 Å². The Bertz CT molecular complexity index is 423. The van der Waals surface area contributed by atoms with E-state index in [1.54, 1.807) is 14.2 Å². The molecular weight excluding hydrogens is 286 g/mol. The topological polar surface area (TPSA) is 59.0 Å². The lowest BCUT2D eigenvalue weighted by Crippen LogP contribution is -2.37. The van der Waals surface area contributed by atoms with Gasteiger partial charge in [-0.2, -0.15) is 0 Å². The molecule has 0 atom stereocenters. The van der Waals surface area contributed by atoms with Crippen LogP contribution in [0.1, 0.15) is 12.8 Å². The molecule has 21 heavy (non-hydrogen) atoms. The highest BCUT2D eigenvalue weighted by atomic mass is 28.4. The number of carboxylic acids is 1. The van der Waals surface area contributed by atoms with Crippen molar-refractivity contribution >= 4 is 20.2 Å². The average Bonchev–Trinajstić information content (AvgIpc) is 2.51. The molecule has 6 heteroatoms. The molecule has 0 bridgehead atoms. The predicted octanol–water partition coefficient (Wildman–Crippen LogP) is 2.72. The standard InChI is InChI=1S/C15H25NO4Si/c1-19-21(3,20-2)13-7-11-16(12-10-15(17)18)14-8-5-4-6-9-14/h4-6,8-9H,7,10-13H2,1-3H3,(H,17,18). The van der Waals surface area contributed by atoms with Gasteiger partial charge >= 0.3 is 14.5 Å². The van der Waals surface area contributed by atoms with Crippen molar-refractivity contribution in [1.29, 1.82) is 0 Å². The van der Waals surface area contributed by atoms with Crippen LogP contribution in [0.3, 0.4) is 0 Å². The Hall–Kier alpha value is -1.37. The molecule has 1 aromatic rings. The summed E-state index contributed by atoms with van der Waals surface area (Å²) in [5.41, 5.74) is 1.05. The van der Waals surface area contributed by atoms with E-state index >= 15 is 0 Å². The third kappa shape index (κ3) is 6.28. The third-order valence-electron chi connectivity index (χ3n) is 3.64. The number of nitrogens with zero attached hydrogens (tertiary/aromatic N) is 1. The molecular formula is C15H25NO4Si. The molecule has 118 valence electrons. The number of benzene rings is 1. The van der Waals surface area contributed by atoms with Crippen molar-refractivity contribution in [1.82, 2.24) is 0 Å². The maximum atomic E-state index is 10.8. The molecule has 0 aliphatic rings. The van der Waals surface area contributed by atoms with Crippen LogP contribution in [0.2, 0.25) is 12.6 Å². The molecule has 5 nitrogen and oxygen atoms in total. The summed E-state index contributed by atoms with van der Waals surface area (Å²) in [5.74, 6) is -0.774. The maximum absolute atomic E-state index is 10.8. The lowest BCUT2D eigenvalue weighted by molar-refractivity contribution is -0.136. The van der Waals surface area contributed by atoms with Gasteiger partial charge in [0.1, 0.15) is 0 Å². The molecule has 0 unspecified atom stereocenters. The number of hydrogen-bond acceptors (Lipinski definition) is 4. The number of hydrogen-bond donors (Lipinski definition) is 1. The fraction of sp³-hybridized carbons (Fsp3) is 0.533. The molecule has 0 fully saturated rings. The van der Waals surface area contributed by atoms with Gasteiger partial charge in [-0.3, -0.25) is 4.79 Å². The number of para-hydroxylation sites is 1. The summed E-state index contributed by atoms with van der Waals surface area (Å²) < 4.78 is 11.0. The molecule has 0 aliphatic carbocycles. The van der Waals surface area contributed by atoms with E-state index in [0.29, 0.717) is 6.54 Å². The van der Waals surface area contributed by atoms with Crippen LogP contribution in [0.4, 0.5) is 5.69 Å². The lowest BCUT2D eigenvalue weighted by Gasteiger charge is -2.27. The Morgan fingerprint density at radius 3 is 2.33 bits per heavy atom. The molecule has 1 N–H and O–H groups in total. The smallest absolute Gasteiger partial charge is 0.334 e. The summed E-state index contributed by atoms with van der Waals surface area (Å²) in [4.78, 5) is 12.9. The van der Waals surface area contributed by atoms with E-state index in [9.17, 15) is 4.79 Å². The summed E-state index contributed by atoms with van der Waals surface area (Å²) in [6.07, 6.45) is 1.05. The molecule has 1 rings (SSSR count). The minimum Gasteiger partial charge on any atom is -0.481 e. The van der Waals surface area contributed by atoms with Crippen LogP contribution >= 0.6 is 0 Å². The van der Waals surface area contributed by atoms with E-state index in [2.05, 4.69) is 4.90 Å². The van der Waals surface area contributed by atoms with Crippen molar-refractivity contribution < 1.29 is 18.8 Å². The second-order valence-corrected chi connectivity index (χ2v) is 8.70. The zero-order chi connectivity index (χ0) is 15.7. The molecule has 0 amide bonds. The van der Waals surface area contributed by atoms with Crippen LogP contribution < -0.4 is 4.90 Å². The molecule has 0 heterocycles. The van der Waals surface area contributed by atoms with E-state index in [4.69, 9.17) is 14.0 Å². The van der Waals surface area contributed by atoms with Crippen LogP contribution in [-0.4, -0.2) is 46.9 Å². The Morgan fingerprint density at radius 1 is 1.19 bits per heavy atom. The first-order valence-corrected chi connectivity index (χ1v) is 9.65. The second-order valence-electron chi connectivity index (χ2n) is 5.11. The average molecular weight is 311 g/mol. The van der Waals surface area contributed by atoms with Crippen molar-refractivity contribution in [3.63, 3.8) is 0 Å². The van der Waals surface area contributed by atoms with Crippen LogP contribution in [0.25, 0.3) is 0 Å². The molecule has 0 aliphatic heterocycles. The first-order chi connectivity index (χ1) is 10.0. The zero-order valence-corrected chi connectivity index (χ0v) is 14.0.